The Hall–Kier alpha value is -1.09. The number of aromatic nitrogens is 2. The molecule has 0 saturated carbocycles. The third kappa shape index (κ3) is 3.81. The molecule has 124 valence electrons. The Morgan fingerprint density at radius 1 is 1.45 bits per heavy atom. The van der Waals surface area contributed by atoms with Gasteiger partial charge in [-0.2, -0.15) is 0 Å². The summed E-state index contributed by atoms with van der Waals surface area (Å²) >= 11 is 0. The van der Waals surface area contributed by atoms with E-state index < -0.39 is 44.2 Å². The maximum atomic E-state index is 11.7. The lowest BCUT2D eigenvalue weighted by molar-refractivity contribution is -0.180. The summed E-state index contributed by atoms with van der Waals surface area (Å²) in [7, 11) is -1.85. The molecule has 0 bridgehead atoms. The third-order valence-electron chi connectivity index (χ3n) is 3.33. The molecule has 1 saturated heterocycles. The van der Waals surface area contributed by atoms with Crippen molar-refractivity contribution in [2.24, 2.45) is 0 Å². The van der Waals surface area contributed by atoms with Crippen LogP contribution in [0.5, 0.6) is 0 Å². The van der Waals surface area contributed by atoms with Gasteiger partial charge in [-0.3, -0.25) is 14.3 Å². The summed E-state index contributed by atoms with van der Waals surface area (Å²) in [5.74, 6) is 0. The van der Waals surface area contributed by atoms with Gasteiger partial charge >= 0.3 is 5.69 Å². The van der Waals surface area contributed by atoms with E-state index in [-0.39, 0.29) is 12.6 Å². The van der Waals surface area contributed by atoms with E-state index in [4.69, 9.17) is 9.26 Å². The summed E-state index contributed by atoms with van der Waals surface area (Å²) in [6, 6.07) is 1.11. The first kappa shape index (κ1) is 17.3. The molecule has 0 spiro atoms. The van der Waals surface area contributed by atoms with Crippen LogP contribution in [0.4, 0.5) is 0 Å². The first-order valence-electron chi connectivity index (χ1n) is 6.84. The number of aromatic amines is 1. The molecule has 1 fully saturated rings. The number of aliphatic hydroxyl groups is 2. The second-order valence-electron chi connectivity index (χ2n) is 4.83. The van der Waals surface area contributed by atoms with E-state index >= 15 is 0 Å². The molecule has 0 aliphatic carbocycles. The second kappa shape index (κ2) is 7.45. The summed E-state index contributed by atoms with van der Waals surface area (Å²) in [6.07, 6.45) is -2.89. The maximum Gasteiger partial charge on any atom is 0.330 e. The number of ether oxygens (including phenoxy) is 1. The Bertz CT molecular complexity index is 604. The lowest BCUT2D eigenvalue weighted by atomic mass is 10.1. The second-order valence-corrected chi connectivity index (χ2v) is 6.20. The van der Waals surface area contributed by atoms with E-state index in [1.807, 2.05) is 4.98 Å². The largest absolute Gasteiger partial charge is 0.808 e. The Morgan fingerprint density at radius 3 is 2.82 bits per heavy atom. The molecule has 5 atom stereocenters. The lowest BCUT2D eigenvalue weighted by Gasteiger charge is -2.24. The molecule has 1 aliphatic rings. The Balaban J connectivity index is 2.06. The van der Waals surface area contributed by atoms with Gasteiger partial charge in [0.2, 0.25) is 0 Å². The molecule has 0 radical (unpaired) electrons. The highest BCUT2D eigenvalue weighted by Crippen LogP contribution is 2.34. The zero-order valence-corrected chi connectivity index (χ0v) is 12.8. The van der Waals surface area contributed by atoms with Gasteiger partial charge in [-0.05, 0) is 19.5 Å². The van der Waals surface area contributed by atoms with Crippen molar-refractivity contribution in [2.45, 2.75) is 37.9 Å². The van der Waals surface area contributed by atoms with Gasteiger partial charge in [0.25, 0.3) is 5.56 Å². The predicted molar refractivity (Wildman–Crippen MR) is 75.3 cm³/mol. The van der Waals surface area contributed by atoms with Crippen molar-refractivity contribution in [1.82, 2.24) is 9.55 Å². The van der Waals surface area contributed by atoms with Crippen LogP contribution in [-0.4, -0.2) is 50.8 Å². The average molecular weight is 333 g/mol. The van der Waals surface area contributed by atoms with Crippen molar-refractivity contribution >= 4 is 8.38 Å². The van der Waals surface area contributed by atoms with Crippen molar-refractivity contribution in [3.05, 3.63) is 33.1 Å². The normalized spacial score (nSPS) is 29.6. The van der Waals surface area contributed by atoms with Crippen LogP contribution < -0.4 is 16.1 Å². The van der Waals surface area contributed by atoms with Crippen LogP contribution in [0.25, 0.3) is 0 Å². The van der Waals surface area contributed by atoms with Gasteiger partial charge < -0.3 is 24.4 Å². The summed E-state index contributed by atoms with van der Waals surface area (Å²) in [5.41, 5.74) is -1.32. The zero-order chi connectivity index (χ0) is 16.3. The lowest BCUT2D eigenvalue weighted by Crippen LogP contribution is -2.37. The van der Waals surface area contributed by atoms with Crippen LogP contribution in [0.2, 0.25) is 0 Å². The van der Waals surface area contributed by atoms with E-state index in [1.165, 1.54) is 6.20 Å². The van der Waals surface area contributed by atoms with Gasteiger partial charge in [-0.1, -0.05) is 8.38 Å². The van der Waals surface area contributed by atoms with Crippen molar-refractivity contribution in [3.8, 4) is 0 Å². The van der Waals surface area contributed by atoms with Crippen LogP contribution in [0, 0.1) is 0 Å². The molecule has 0 aromatic carbocycles. The number of aliphatic hydroxyl groups excluding tert-OH is 2. The quantitative estimate of drug-likeness (QED) is 0.525. The van der Waals surface area contributed by atoms with Gasteiger partial charge in [0.05, 0.1) is 6.10 Å². The van der Waals surface area contributed by atoms with Crippen LogP contribution >= 0.6 is 8.38 Å². The van der Waals surface area contributed by atoms with Crippen molar-refractivity contribution < 1.29 is 24.4 Å². The van der Waals surface area contributed by atoms with Crippen molar-refractivity contribution in [2.75, 3.05) is 12.8 Å². The minimum Gasteiger partial charge on any atom is -0.808 e. The highest BCUT2D eigenvalue weighted by atomic mass is 31.2. The zero-order valence-electron chi connectivity index (χ0n) is 11.9. The highest BCUT2D eigenvalue weighted by molar-refractivity contribution is 7.44. The van der Waals surface area contributed by atoms with Crippen LogP contribution in [-0.2, 0) is 9.26 Å². The van der Waals surface area contributed by atoms with Crippen molar-refractivity contribution in [1.29, 1.82) is 0 Å². The molecule has 1 aliphatic heterocycles. The fourth-order valence-electron chi connectivity index (χ4n) is 2.27. The molecule has 2 rings (SSSR count). The summed E-state index contributed by atoms with van der Waals surface area (Å²) in [4.78, 5) is 36.3. The Labute approximate surface area is 127 Å². The minimum absolute atomic E-state index is 0.171. The van der Waals surface area contributed by atoms with Crippen LogP contribution in [0.1, 0.15) is 19.6 Å². The molecule has 1 aromatic rings. The third-order valence-corrected chi connectivity index (χ3v) is 4.50. The smallest absolute Gasteiger partial charge is 0.330 e. The molecule has 0 amide bonds. The van der Waals surface area contributed by atoms with Gasteiger partial charge in [0.15, 0.2) is 6.23 Å². The Kier molecular flexibility index (Phi) is 5.85. The van der Waals surface area contributed by atoms with Gasteiger partial charge in [-0.15, -0.1) is 0 Å². The first-order valence-corrected chi connectivity index (χ1v) is 8.21. The molecule has 1 aromatic heterocycles. The number of nitrogens with zero attached hydrogens (tertiary/aromatic N) is 1. The van der Waals surface area contributed by atoms with Crippen LogP contribution in [0.15, 0.2) is 21.9 Å². The topological polar surface area (TPSA) is 137 Å². The monoisotopic (exact) mass is 333 g/mol. The van der Waals surface area contributed by atoms with Gasteiger partial charge in [-0.25, -0.2) is 4.79 Å². The average Bonchev–Trinajstić information content (AvgIpc) is 2.74. The molecule has 9 nitrogen and oxygen atoms in total. The first-order chi connectivity index (χ1) is 10.4. The SMILES string of the molecule is CCOP([O-])CC[C@H]1O[C@@H](n2ccc(=O)[nH]c2=O)[C@@H](O)C1O. The summed E-state index contributed by atoms with van der Waals surface area (Å²) in [5, 5.41) is 20.0. The molecular formula is C12H18N2O7P-. The predicted octanol–water partition coefficient (Wildman–Crippen LogP) is -1.75. The van der Waals surface area contributed by atoms with E-state index in [0.29, 0.717) is 6.61 Å². The molecule has 2 heterocycles. The molecule has 2 unspecified atom stereocenters. The molecule has 10 heteroatoms. The highest BCUT2D eigenvalue weighted by Gasteiger charge is 2.43. The van der Waals surface area contributed by atoms with Gasteiger partial charge in [0, 0.05) is 18.9 Å². The van der Waals surface area contributed by atoms with E-state index in [9.17, 15) is 24.7 Å². The summed E-state index contributed by atoms with van der Waals surface area (Å²) in [6.45, 7) is 2.04. The minimum atomic E-state index is -1.85. The number of hydrogen-bond acceptors (Lipinski definition) is 7. The fourth-order valence-corrected chi connectivity index (χ4v) is 3.15. The van der Waals surface area contributed by atoms with E-state index in [1.54, 1.807) is 6.92 Å². The molecule has 22 heavy (non-hydrogen) atoms. The molecular weight excluding hydrogens is 315 g/mol. The number of rotatable bonds is 6. The number of H-pyrrole nitrogens is 1. The van der Waals surface area contributed by atoms with E-state index in [2.05, 4.69) is 0 Å². The number of hydrogen-bond donors (Lipinski definition) is 3. The van der Waals surface area contributed by atoms with Crippen LogP contribution in [0.3, 0.4) is 0 Å². The standard InChI is InChI=1S/C12H18N2O7P/c1-2-20-22(19)6-4-7-9(16)10(17)11(21-7)14-5-3-8(15)13-12(14)18/h3,5,7,9-11,16-17H,2,4,6H2,1H3,(H,13,15,18)/q-1/t7-,9?,10+,11-,22?/m1/s1. The molecule has 3 N–H and O–H groups in total. The fraction of sp³-hybridized carbons (Fsp3) is 0.667. The van der Waals surface area contributed by atoms with E-state index in [0.717, 1.165) is 10.6 Å². The van der Waals surface area contributed by atoms with Gasteiger partial charge in [0.1, 0.15) is 12.2 Å². The summed E-state index contributed by atoms with van der Waals surface area (Å²) < 4.78 is 11.4. The van der Waals surface area contributed by atoms with Crippen molar-refractivity contribution in [3.63, 3.8) is 0 Å². The maximum absolute atomic E-state index is 11.7. The number of nitrogens with one attached hydrogen (secondary N) is 1. The Morgan fingerprint density at radius 2 is 2.18 bits per heavy atom.